The molecule has 8 nitrogen and oxygen atoms in total. The van der Waals surface area contributed by atoms with Crippen LogP contribution < -0.4 is 22.9 Å². The summed E-state index contributed by atoms with van der Waals surface area (Å²) in [6.45, 7) is 0. The Morgan fingerprint density at radius 3 is 2.19 bits per heavy atom. The van der Waals surface area contributed by atoms with Crippen LogP contribution in [0.25, 0.3) is 10.9 Å². The lowest BCUT2D eigenvalue weighted by atomic mass is 10.2. The van der Waals surface area contributed by atoms with E-state index in [0.717, 1.165) is 26.1 Å². The van der Waals surface area contributed by atoms with Crippen LogP contribution in [0.5, 0.6) is 0 Å². The van der Waals surface area contributed by atoms with Gasteiger partial charge in [-0.25, -0.2) is 14.6 Å². The predicted molar refractivity (Wildman–Crippen MR) is 115 cm³/mol. The van der Waals surface area contributed by atoms with Crippen molar-refractivity contribution >= 4 is 60.8 Å². The van der Waals surface area contributed by atoms with Crippen molar-refractivity contribution in [2.75, 3.05) is 5.73 Å². The van der Waals surface area contributed by atoms with Gasteiger partial charge in [-0.2, -0.15) is 0 Å². The van der Waals surface area contributed by atoms with E-state index in [0.29, 0.717) is 11.3 Å². The summed E-state index contributed by atoms with van der Waals surface area (Å²) in [6, 6.07) is 9.94. The molecule has 3 rings (SSSR count). The molecule has 0 saturated heterocycles. The summed E-state index contributed by atoms with van der Waals surface area (Å²) in [6.07, 6.45) is 2.29. The highest BCUT2D eigenvalue weighted by molar-refractivity contribution is 9.10. The lowest BCUT2D eigenvalue weighted by Gasteiger charge is -1.96. The Balaban J connectivity index is 0.000000412. The average molecular weight is 501 g/mol. The molecule has 0 bridgehead atoms. The highest BCUT2D eigenvalue weighted by Crippen LogP contribution is 2.16. The number of carbonyl (C=O) groups excluding carboxylic acids is 2. The number of aromatic amines is 1. The first-order valence-corrected chi connectivity index (χ1v) is 8.51. The molecule has 0 atom stereocenters. The summed E-state index contributed by atoms with van der Waals surface area (Å²) in [5, 5.41) is 0.920. The number of carbonyl (C=O) groups is 2. The number of nitrogen functional groups attached to an aromatic ring is 1. The number of aromatic nitrogens is 2. The van der Waals surface area contributed by atoms with E-state index in [2.05, 4.69) is 53.3 Å². The van der Waals surface area contributed by atoms with E-state index in [-0.39, 0.29) is 13.1 Å². The number of rotatable bonds is 1. The average Bonchev–Trinajstić information content (AvgIpc) is 2.57. The second-order valence-corrected chi connectivity index (χ2v) is 6.54. The number of primary amides is 2. The molecule has 0 spiro atoms. The fourth-order valence-electron chi connectivity index (χ4n) is 1.68. The van der Waals surface area contributed by atoms with Crippen LogP contribution in [0.2, 0.25) is 0 Å². The summed E-state index contributed by atoms with van der Waals surface area (Å²) in [7, 11) is 0. The van der Waals surface area contributed by atoms with Crippen molar-refractivity contribution in [3.63, 3.8) is 0 Å². The molecule has 2 amide bonds. The first-order valence-electron chi connectivity index (χ1n) is 6.92. The maximum Gasteiger partial charge on any atom is 0.345 e. The normalized spacial score (nSPS) is 8.96. The minimum absolute atomic E-state index is 0. The zero-order chi connectivity index (χ0) is 19.7. The van der Waals surface area contributed by atoms with Crippen LogP contribution in [-0.4, -0.2) is 22.3 Å². The molecule has 1 aromatic heterocycles. The van der Waals surface area contributed by atoms with Gasteiger partial charge >= 0.3 is 11.7 Å². The van der Waals surface area contributed by atoms with E-state index in [1.807, 2.05) is 18.2 Å². The van der Waals surface area contributed by atoms with E-state index >= 15 is 0 Å². The van der Waals surface area contributed by atoms with Crippen molar-refractivity contribution in [2.45, 2.75) is 7.43 Å². The van der Waals surface area contributed by atoms with E-state index in [4.69, 9.17) is 10.5 Å². The number of amides is 2. The SMILES string of the molecule is C.NC(N)=O.Nc1ccc(Br)cc1C=O.O=c1ncc2cc(Br)ccc2[nH]1. The first-order chi connectivity index (χ1) is 12.2. The van der Waals surface area contributed by atoms with Gasteiger partial charge in [0.25, 0.3) is 0 Å². The number of H-pyrrole nitrogens is 1. The fraction of sp³-hybridized carbons (Fsp3) is 0.0588. The quantitative estimate of drug-likeness (QED) is 0.298. The number of hydrogen-bond acceptors (Lipinski definition) is 5. The van der Waals surface area contributed by atoms with Crippen LogP contribution in [-0.2, 0) is 0 Å². The summed E-state index contributed by atoms with van der Waals surface area (Å²) in [4.78, 5) is 36.3. The minimum Gasteiger partial charge on any atom is -0.398 e. The molecule has 7 N–H and O–H groups in total. The molecule has 27 heavy (non-hydrogen) atoms. The lowest BCUT2D eigenvalue weighted by molar-refractivity contribution is 0.112. The number of nitrogens with one attached hydrogen (secondary N) is 1. The van der Waals surface area contributed by atoms with E-state index in [1.54, 1.807) is 24.4 Å². The Morgan fingerprint density at radius 2 is 1.63 bits per heavy atom. The van der Waals surface area contributed by atoms with Gasteiger partial charge in [-0.05, 0) is 36.4 Å². The maximum atomic E-state index is 10.8. The van der Waals surface area contributed by atoms with Crippen molar-refractivity contribution in [3.8, 4) is 0 Å². The van der Waals surface area contributed by atoms with Gasteiger partial charge in [0.15, 0.2) is 6.29 Å². The molecule has 2 aromatic carbocycles. The molecule has 144 valence electrons. The Morgan fingerprint density at radius 1 is 1.07 bits per heavy atom. The van der Waals surface area contributed by atoms with Gasteiger partial charge in [0.05, 0.1) is 5.52 Å². The highest BCUT2D eigenvalue weighted by Gasteiger charge is 1.96. The van der Waals surface area contributed by atoms with Gasteiger partial charge in [0, 0.05) is 31.8 Å². The van der Waals surface area contributed by atoms with Crippen LogP contribution in [0.3, 0.4) is 0 Å². The predicted octanol–water partition coefficient (Wildman–Crippen LogP) is 3.19. The van der Waals surface area contributed by atoms with Gasteiger partial charge in [-0.15, -0.1) is 0 Å². The van der Waals surface area contributed by atoms with Crippen LogP contribution in [0.4, 0.5) is 10.5 Å². The Kier molecular flexibility index (Phi) is 10.6. The topological polar surface area (TPSA) is 158 Å². The number of nitrogens with two attached hydrogens (primary N) is 3. The molecule has 0 aliphatic carbocycles. The van der Waals surface area contributed by atoms with Gasteiger partial charge < -0.3 is 22.2 Å². The number of anilines is 1. The van der Waals surface area contributed by atoms with Crippen LogP contribution >= 0.6 is 31.9 Å². The summed E-state index contributed by atoms with van der Waals surface area (Å²) >= 11 is 6.55. The van der Waals surface area contributed by atoms with Crippen molar-refractivity contribution in [1.29, 1.82) is 0 Å². The van der Waals surface area contributed by atoms with E-state index in [9.17, 15) is 9.59 Å². The van der Waals surface area contributed by atoms with Crippen LogP contribution in [0, 0.1) is 0 Å². The standard InChI is InChI=1S/C8H5BrN2O.C7H6BrNO.CH4N2O.CH4/c9-6-1-2-7-5(3-6)4-10-8(12)11-7;8-6-1-2-7(9)5(3-6)4-10;2-1(3)4;/h1-4H,(H,10,11,12);1-4H,9H2;(H4,2,3,4);1H4. The molecule has 0 aliphatic heterocycles. The second-order valence-electron chi connectivity index (χ2n) is 4.71. The molecule has 0 unspecified atom stereocenters. The summed E-state index contributed by atoms with van der Waals surface area (Å²) in [5.41, 5.74) is 15.5. The Hall–Kier alpha value is -2.72. The van der Waals surface area contributed by atoms with Gasteiger partial charge in [0.1, 0.15) is 0 Å². The largest absolute Gasteiger partial charge is 0.398 e. The highest BCUT2D eigenvalue weighted by atomic mass is 79.9. The molecule has 1 heterocycles. The van der Waals surface area contributed by atoms with Gasteiger partial charge in [0.2, 0.25) is 0 Å². The maximum absolute atomic E-state index is 10.8. The molecule has 0 fully saturated rings. The number of hydrogen-bond donors (Lipinski definition) is 4. The van der Waals surface area contributed by atoms with Crippen LogP contribution in [0.1, 0.15) is 17.8 Å². The zero-order valence-corrected chi connectivity index (χ0v) is 16.5. The van der Waals surface area contributed by atoms with Crippen molar-refractivity contribution in [2.24, 2.45) is 11.5 Å². The third-order valence-electron chi connectivity index (χ3n) is 2.75. The lowest BCUT2D eigenvalue weighted by Crippen LogP contribution is -2.18. The third-order valence-corrected chi connectivity index (χ3v) is 3.74. The number of benzene rings is 2. The molecular formula is C17H19Br2N5O3. The minimum atomic E-state index is -0.833. The summed E-state index contributed by atoms with van der Waals surface area (Å²) < 4.78 is 1.84. The Bertz CT molecular complexity index is 972. The molecular weight excluding hydrogens is 482 g/mol. The Labute approximate surface area is 172 Å². The van der Waals surface area contributed by atoms with Crippen molar-refractivity contribution in [1.82, 2.24) is 9.97 Å². The third kappa shape index (κ3) is 8.97. The molecule has 10 heteroatoms. The summed E-state index contributed by atoms with van der Waals surface area (Å²) in [5.74, 6) is 0. The molecule has 0 radical (unpaired) electrons. The number of urea groups is 1. The van der Waals surface area contributed by atoms with E-state index < -0.39 is 6.03 Å². The monoisotopic (exact) mass is 499 g/mol. The van der Waals surface area contributed by atoms with E-state index in [1.165, 1.54) is 0 Å². The van der Waals surface area contributed by atoms with Crippen molar-refractivity contribution < 1.29 is 9.59 Å². The van der Waals surface area contributed by atoms with Crippen LogP contribution in [0.15, 0.2) is 56.3 Å². The van der Waals surface area contributed by atoms with Gasteiger partial charge in [-0.3, -0.25) is 4.79 Å². The van der Waals surface area contributed by atoms with Gasteiger partial charge in [-0.1, -0.05) is 39.3 Å². The number of nitrogens with zero attached hydrogens (tertiary/aromatic N) is 1. The first kappa shape index (κ1) is 24.3. The number of aldehydes is 1. The number of halogens is 2. The fourth-order valence-corrected chi connectivity index (χ4v) is 2.44. The molecule has 3 aromatic rings. The molecule has 0 saturated carbocycles. The zero-order valence-electron chi connectivity index (χ0n) is 13.3. The molecule has 0 aliphatic rings. The second kappa shape index (κ2) is 11.8. The number of fused-ring (bicyclic) bond motifs is 1. The van der Waals surface area contributed by atoms with Crippen molar-refractivity contribution in [3.05, 3.63) is 67.6 Å². The smallest absolute Gasteiger partial charge is 0.345 e.